The molecule has 2 aromatic carbocycles. The number of rotatable bonds is 7. The Morgan fingerprint density at radius 2 is 1.82 bits per heavy atom. The molecule has 9 heteroatoms. The van der Waals surface area contributed by atoms with Crippen LogP contribution in [0.2, 0.25) is 0 Å². The Balaban J connectivity index is 1.58. The molecule has 1 saturated carbocycles. The van der Waals surface area contributed by atoms with Crippen molar-refractivity contribution in [2.75, 3.05) is 0 Å². The van der Waals surface area contributed by atoms with E-state index in [0.717, 1.165) is 31.2 Å². The second-order valence-electron chi connectivity index (χ2n) is 8.89. The summed E-state index contributed by atoms with van der Waals surface area (Å²) in [5, 5.41) is 3.05. The predicted molar refractivity (Wildman–Crippen MR) is 125 cm³/mol. The zero-order chi connectivity index (χ0) is 23.6. The maximum atomic E-state index is 13.2. The zero-order valence-electron chi connectivity index (χ0n) is 18.8. The molecule has 3 aromatic rings. The minimum Gasteiger partial charge on any atom is -0.408 e. The second-order valence-corrected chi connectivity index (χ2v) is 10.6. The lowest BCUT2D eigenvalue weighted by molar-refractivity contribution is -0.123. The summed E-state index contributed by atoms with van der Waals surface area (Å²) in [5.74, 6) is -0.269. The number of amides is 1. The van der Waals surface area contributed by atoms with E-state index < -0.39 is 21.8 Å². The number of carbonyl (C=O) groups excluding carboxylic acids is 1. The number of hydrogen-bond donors (Lipinski definition) is 2. The van der Waals surface area contributed by atoms with Crippen LogP contribution in [0, 0.1) is 5.92 Å². The van der Waals surface area contributed by atoms with E-state index in [4.69, 9.17) is 4.42 Å². The summed E-state index contributed by atoms with van der Waals surface area (Å²) in [7, 11) is -2.50. The first-order valence-electron chi connectivity index (χ1n) is 11.2. The van der Waals surface area contributed by atoms with Crippen LogP contribution in [-0.2, 0) is 28.3 Å². The molecule has 1 aliphatic rings. The Kier molecular flexibility index (Phi) is 6.71. The fraction of sp³-hybridized carbons (Fsp3) is 0.417. The number of nitrogens with one attached hydrogen (secondary N) is 2. The number of benzene rings is 2. The van der Waals surface area contributed by atoms with Crippen molar-refractivity contribution in [1.29, 1.82) is 0 Å². The van der Waals surface area contributed by atoms with Gasteiger partial charge in [-0.2, -0.15) is 4.72 Å². The molecule has 1 aliphatic carbocycles. The zero-order valence-corrected chi connectivity index (χ0v) is 19.6. The highest BCUT2D eigenvalue weighted by molar-refractivity contribution is 7.89. The summed E-state index contributed by atoms with van der Waals surface area (Å²) < 4.78 is 35.4. The first-order chi connectivity index (χ1) is 15.7. The van der Waals surface area contributed by atoms with Crippen molar-refractivity contribution in [2.45, 2.75) is 56.0 Å². The number of aryl methyl sites for hydroxylation is 1. The van der Waals surface area contributed by atoms with Gasteiger partial charge in [-0.05, 0) is 55.7 Å². The molecular weight excluding hydrogens is 442 g/mol. The molecule has 1 aromatic heterocycles. The summed E-state index contributed by atoms with van der Waals surface area (Å²) >= 11 is 0. The maximum absolute atomic E-state index is 13.2. The normalized spacial score (nSPS) is 19.9. The standard InChI is InChI=1S/C24H29N3O5S/c1-16-8-10-18(11-9-16)25-23(28)20(14-17-6-4-3-5-7-17)26-33(30,31)19-12-13-21-22(15-19)32-24(29)27(21)2/h3-7,12-13,15-16,18,20,26H,8-11,14H2,1-2H3,(H,25,28)/t16?,18?,20-/m0/s1. The van der Waals surface area contributed by atoms with Gasteiger partial charge in [-0.15, -0.1) is 0 Å². The maximum Gasteiger partial charge on any atom is 0.419 e. The van der Waals surface area contributed by atoms with E-state index in [0.29, 0.717) is 11.4 Å². The topological polar surface area (TPSA) is 110 Å². The monoisotopic (exact) mass is 471 g/mol. The van der Waals surface area contributed by atoms with Gasteiger partial charge in [0.15, 0.2) is 5.58 Å². The first kappa shape index (κ1) is 23.3. The minimum atomic E-state index is -4.05. The highest BCUT2D eigenvalue weighted by Crippen LogP contribution is 2.24. The van der Waals surface area contributed by atoms with E-state index in [1.165, 1.54) is 22.8 Å². The van der Waals surface area contributed by atoms with Crippen LogP contribution in [0.3, 0.4) is 0 Å². The highest BCUT2D eigenvalue weighted by Gasteiger charge is 2.29. The third-order valence-electron chi connectivity index (χ3n) is 6.33. The van der Waals surface area contributed by atoms with Gasteiger partial charge in [-0.3, -0.25) is 9.36 Å². The van der Waals surface area contributed by atoms with Crippen LogP contribution in [0.5, 0.6) is 0 Å². The molecule has 176 valence electrons. The molecule has 0 spiro atoms. The van der Waals surface area contributed by atoms with Crippen LogP contribution in [0.4, 0.5) is 0 Å². The quantitative estimate of drug-likeness (QED) is 0.551. The third kappa shape index (κ3) is 5.36. The van der Waals surface area contributed by atoms with Crippen LogP contribution in [0.1, 0.15) is 38.2 Å². The van der Waals surface area contributed by atoms with Crippen molar-refractivity contribution in [3.05, 3.63) is 64.6 Å². The average molecular weight is 472 g/mol. The first-order valence-corrected chi connectivity index (χ1v) is 12.7. The summed E-state index contributed by atoms with van der Waals surface area (Å²) in [6.45, 7) is 2.20. The number of fused-ring (bicyclic) bond motifs is 1. The van der Waals surface area contributed by atoms with Gasteiger partial charge in [0.25, 0.3) is 0 Å². The molecule has 0 radical (unpaired) electrons. The Hall–Kier alpha value is -2.91. The predicted octanol–water partition coefficient (Wildman–Crippen LogP) is 2.72. The van der Waals surface area contributed by atoms with Crippen molar-refractivity contribution >= 4 is 27.0 Å². The molecule has 1 heterocycles. The van der Waals surface area contributed by atoms with Crippen LogP contribution < -0.4 is 15.8 Å². The summed E-state index contributed by atoms with van der Waals surface area (Å²) in [6.07, 6.45) is 4.09. The summed E-state index contributed by atoms with van der Waals surface area (Å²) in [5.41, 5.74) is 1.51. The fourth-order valence-electron chi connectivity index (χ4n) is 4.28. The van der Waals surface area contributed by atoms with Crippen LogP contribution >= 0.6 is 0 Å². The van der Waals surface area contributed by atoms with Gasteiger partial charge in [0.05, 0.1) is 10.4 Å². The van der Waals surface area contributed by atoms with Crippen molar-refractivity contribution in [1.82, 2.24) is 14.6 Å². The smallest absolute Gasteiger partial charge is 0.408 e. The SMILES string of the molecule is CC1CCC(NC(=O)[C@H](Cc2ccccc2)NS(=O)(=O)c2ccc3c(c2)oc(=O)n3C)CC1. The summed E-state index contributed by atoms with van der Waals surface area (Å²) in [6, 6.07) is 12.6. The van der Waals surface area contributed by atoms with Gasteiger partial charge >= 0.3 is 5.76 Å². The van der Waals surface area contributed by atoms with Crippen molar-refractivity contribution in [3.63, 3.8) is 0 Å². The average Bonchev–Trinajstić information content (AvgIpc) is 3.08. The molecule has 4 rings (SSSR count). The van der Waals surface area contributed by atoms with Crippen LogP contribution in [-0.4, -0.2) is 31.0 Å². The van der Waals surface area contributed by atoms with E-state index in [2.05, 4.69) is 17.0 Å². The molecule has 0 saturated heterocycles. The van der Waals surface area contributed by atoms with Crippen molar-refractivity contribution < 1.29 is 17.6 Å². The summed E-state index contributed by atoms with van der Waals surface area (Å²) in [4.78, 5) is 24.9. The number of carbonyl (C=O) groups is 1. The van der Waals surface area contributed by atoms with E-state index >= 15 is 0 Å². The Morgan fingerprint density at radius 1 is 1.12 bits per heavy atom. The molecule has 2 N–H and O–H groups in total. The molecule has 1 amide bonds. The molecule has 8 nitrogen and oxygen atoms in total. The van der Waals surface area contributed by atoms with E-state index in [9.17, 15) is 18.0 Å². The molecule has 1 fully saturated rings. The molecule has 0 bridgehead atoms. The minimum absolute atomic E-state index is 0.0476. The number of oxazole rings is 1. The van der Waals surface area contributed by atoms with Crippen LogP contribution in [0.15, 0.2) is 62.6 Å². The van der Waals surface area contributed by atoms with Gasteiger partial charge in [0.2, 0.25) is 15.9 Å². The lowest BCUT2D eigenvalue weighted by Crippen LogP contribution is -2.51. The molecule has 0 aliphatic heterocycles. The van der Waals surface area contributed by atoms with Crippen molar-refractivity contribution in [3.8, 4) is 0 Å². The molecule has 0 unspecified atom stereocenters. The largest absolute Gasteiger partial charge is 0.419 e. The van der Waals surface area contributed by atoms with Gasteiger partial charge in [0.1, 0.15) is 6.04 Å². The van der Waals surface area contributed by atoms with Crippen LogP contribution in [0.25, 0.3) is 11.1 Å². The van der Waals surface area contributed by atoms with Gasteiger partial charge in [-0.25, -0.2) is 13.2 Å². The lowest BCUT2D eigenvalue weighted by atomic mass is 9.87. The third-order valence-corrected chi connectivity index (χ3v) is 7.80. The highest BCUT2D eigenvalue weighted by atomic mass is 32.2. The van der Waals surface area contributed by atoms with Gasteiger partial charge in [-0.1, -0.05) is 37.3 Å². The number of nitrogens with zero attached hydrogens (tertiary/aromatic N) is 1. The van der Waals surface area contributed by atoms with Crippen molar-refractivity contribution in [2.24, 2.45) is 13.0 Å². The Bertz CT molecular complexity index is 1290. The number of aromatic nitrogens is 1. The Labute approximate surface area is 193 Å². The Morgan fingerprint density at radius 3 is 2.52 bits per heavy atom. The molecule has 1 atom stereocenters. The van der Waals surface area contributed by atoms with Gasteiger partial charge < -0.3 is 9.73 Å². The lowest BCUT2D eigenvalue weighted by Gasteiger charge is -2.28. The molecular formula is C24H29N3O5S. The van der Waals surface area contributed by atoms with E-state index in [1.54, 1.807) is 7.05 Å². The second kappa shape index (κ2) is 9.52. The fourth-order valence-corrected chi connectivity index (χ4v) is 5.49. The number of hydrogen-bond acceptors (Lipinski definition) is 5. The number of sulfonamides is 1. The molecule has 33 heavy (non-hydrogen) atoms. The van der Waals surface area contributed by atoms with E-state index in [-0.39, 0.29) is 28.8 Å². The van der Waals surface area contributed by atoms with E-state index in [1.807, 2.05) is 30.3 Å². The van der Waals surface area contributed by atoms with Gasteiger partial charge in [0, 0.05) is 19.2 Å².